The van der Waals surface area contributed by atoms with E-state index in [1.54, 1.807) is 0 Å². The van der Waals surface area contributed by atoms with Crippen molar-refractivity contribution in [3.05, 3.63) is 41.5 Å². The Kier molecular flexibility index (Phi) is 4.90. The highest BCUT2D eigenvalue weighted by Crippen LogP contribution is 2.41. The quantitative estimate of drug-likeness (QED) is 0.528. The predicted molar refractivity (Wildman–Crippen MR) is 96.7 cm³/mol. The molecule has 0 N–H and O–H groups in total. The first-order chi connectivity index (χ1) is 13.4. The monoisotopic (exact) mass is 409 g/mol. The fourth-order valence-corrected chi connectivity index (χ4v) is 3.84. The van der Waals surface area contributed by atoms with Crippen LogP contribution in [0.5, 0.6) is 0 Å². The maximum atomic E-state index is 12.9. The van der Waals surface area contributed by atoms with E-state index in [9.17, 15) is 13.2 Å². The molecule has 0 radical (unpaired) electrons. The standard InChI is InChI=1S/C18H18F3N5OS/c1-3-26-15(11-7-8-11)23-24-17(26)28-10(2)16-22-14(25-27-16)12-5-4-6-13(9-12)18(19,20)21/h4-6,9-11H,3,7-8H2,1-2H3. The van der Waals surface area contributed by atoms with Crippen LogP contribution in [0.15, 0.2) is 33.9 Å². The number of hydrogen-bond acceptors (Lipinski definition) is 6. The van der Waals surface area contributed by atoms with Gasteiger partial charge in [-0.25, -0.2) is 0 Å². The Morgan fingerprint density at radius 3 is 2.75 bits per heavy atom. The van der Waals surface area contributed by atoms with E-state index in [2.05, 4.69) is 24.9 Å². The predicted octanol–water partition coefficient (Wildman–Crippen LogP) is 5.10. The van der Waals surface area contributed by atoms with Crippen LogP contribution in [0.25, 0.3) is 11.4 Å². The number of rotatable bonds is 6. The van der Waals surface area contributed by atoms with Crippen LogP contribution >= 0.6 is 11.8 Å². The molecule has 0 amide bonds. The molecule has 1 unspecified atom stereocenters. The van der Waals surface area contributed by atoms with Gasteiger partial charge in [-0.15, -0.1) is 10.2 Å². The normalized spacial score (nSPS) is 15.8. The average molecular weight is 409 g/mol. The molecular weight excluding hydrogens is 391 g/mol. The molecule has 28 heavy (non-hydrogen) atoms. The summed E-state index contributed by atoms with van der Waals surface area (Å²) in [7, 11) is 0. The van der Waals surface area contributed by atoms with Gasteiger partial charge in [0.2, 0.25) is 11.7 Å². The van der Waals surface area contributed by atoms with E-state index < -0.39 is 11.7 Å². The highest BCUT2D eigenvalue weighted by molar-refractivity contribution is 7.99. The molecule has 2 aromatic heterocycles. The molecule has 2 heterocycles. The van der Waals surface area contributed by atoms with Crippen molar-refractivity contribution in [2.24, 2.45) is 0 Å². The summed E-state index contributed by atoms with van der Waals surface area (Å²) in [4.78, 5) is 4.29. The van der Waals surface area contributed by atoms with E-state index >= 15 is 0 Å². The van der Waals surface area contributed by atoms with Gasteiger partial charge in [0.25, 0.3) is 0 Å². The zero-order valence-corrected chi connectivity index (χ0v) is 16.1. The van der Waals surface area contributed by atoms with Crippen molar-refractivity contribution in [2.45, 2.75) is 55.7 Å². The van der Waals surface area contributed by atoms with Crippen LogP contribution in [0, 0.1) is 0 Å². The van der Waals surface area contributed by atoms with Gasteiger partial charge in [0.15, 0.2) is 5.16 Å². The minimum absolute atomic E-state index is 0.129. The fraction of sp³-hybridized carbons (Fsp3) is 0.444. The van der Waals surface area contributed by atoms with Gasteiger partial charge >= 0.3 is 6.18 Å². The summed E-state index contributed by atoms with van der Waals surface area (Å²) in [6, 6.07) is 4.88. The zero-order chi connectivity index (χ0) is 19.9. The van der Waals surface area contributed by atoms with E-state index in [1.807, 2.05) is 13.8 Å². The van der Waals surface area contributed by atoms with E-state index in [0.29, 0.717) is 11.8 Å². The Morgan fingerprint density at radius 2 is 2.07 bits per heavy atom. The summed E-state index contributed by atoms with van der Waals surface area (Å²) in [5, 5.41) is 13.0. The summed E-state index contributed by atoms with van der Waals surface area (Å²) in [6.45, 7) is 4.70. The summed E-state index contributed by atoms with van der Waals surface area (Å²) in [5.41, 5.74) is -0.489. The van der Waals surface area contributed by atoms with E-state index in [1.165, 1.54) is 23.9 Å². The molecule has 0 bridgehead atoms. The Bertz CT molecular complexity index is 980. The third-order valence-electron chi connectivity index (χ3n) is 4.52. The van der Waals surface area contributed by atoms with Crippen LogP contribution < -0.4 is 0 Å². The summed E-state index contributed by atoms with van der Waals surface area (Å²) < 4.78 is 46.1. The number of thioether (sulfide) groups is 1. The first kappa shape index (κ1) is 19.0. The van der Waals surface area contributed by atoms with Crippen LogP contribution in [0.1, 0.15) is 55.1 Å². The fourth-order valence-electron chi connectivity index (χ4n) is 2.89. The van der Waals surface area contributed by atoms with Gasteiger partial charge in [0.05, 0.1) is 10.8 Å². The molecule has 3 aromatic rings. The molecule has 1 aliphatic carbocycles. The lowest BCUT2D eigenvalue weighted by atomic mass is 10.1. The minimum Gasteiger partial charge on any atom is -0.338 e. The lowest BCUT2D eigenvalue weighted by molar-refractivity contribution is -0.137. The number of alkyl halides is 3. The number of aromatic nitrogens is 5. The molecule has 0 saturated heterocycles. The molecule has 0 spiro atoms. The highest BCUT2D eigenvalue weighted by Gasteiger charge is 2.32. The zero-order valence-electron chi connectivity index (χ0n) is 15.3. The van der Waals surface area contributed by atoms with Crippen LogP contribution in [0.4, 0.5) is 13.2 Å². The summed E-state index contributed by atoms with van der Waals surface area (Å²) >= 11 is 1.44. The molecular formula is C18H18F3N5OS. The van der Waals surface area contributed by atoms with Crippen molar-refractivity contribution in [1.29, 1.82) is 0 Å². The van der Waals surface area contributed by atoms with Gasteiger partial charge in [0, 0.05) is 18.0 Å². The summed E-state index contributed by atoms with van der Waals surface area (Å²) in [6.07, 6.45) is -2.14. The molecule has 6 nitrogen and oxygen atoms in total. The Labute approximate surface area is 163 Å². The maximum Gasteiger partial charge on any atom is 0.416 e. The Balaban J connectivity index is 1.53. The van der Waals surface area contributed by atoms with E-state index in [4.69, 9.17) is 4.52 Å². The second kappa shape index (κ2) is 7.23. The van der Waals surface area contributed by atoms with Crippen LogP contribution in [0.2, 0.25) is 0 Å². The maximum absolute atomic E-state index is 12.9. The number of nitrogens with zero attached hydrogens (tertiary/aromatic N) is 5. The van der Waals surface area contributed by atoms with E-state index in [0.717, 1.165) is 42.5 Å². The molecule has 1 fully saturated rings. The second-order valence-corrected chi connectivity index (χ2v) is 7.96. The van der Waals surface area contributed by atoms with Crippen LogP contribution in [-0.4, -0.2) is 24.9 Å². The first-order valence-electron chi connectivity index (χ1n) is 8.97. The number of hydrogen-bond donors (Lipinski definition) is 0. The third-order valence-corrected chi connectivity index (χ3v) is 5.59. The van der Waals surface area contributed by atoms with Gasteiger partial charge < -0.3 is 9.09 Å². The number of halogens is 3. The Morgan fingerprint density at radius 1 is 1.29 bits per heavy atom. The van der Waals surface area contributed by atoms with Crippen molar-refractivity contribution >= 4 is 11.8 Å². The molecule has 0 aliphatic heterocycles. The lowest BCUT2D eigenvalue weighted by Gasteiger charge is -2.08. The van der Waals surface area contributed by atoms with Crippen molar-refractivity contribution in [3.63, 3.8) is 0 Å². The molecule has 1 atom stereocenters. The van der Waals surface area contributed by atoms with Gasteiger partial charge in [-0.3, -0.25) is 0 Å². The topological polar surface area (TPSA) is 69.6 Å². The van der Waals surface area contributed by atoms with Crippen molar-refractivity contribution in [2.75, 3.05) is 0 Å². The third kappa shape index (κ3) is 3.78. The molecule has 1 aromatic carbocycles. The average Bonchev–Trinajstić information content (AvgIpc) is 3.24. The smallest absolute Gasteiger partial charge is 0.338 e. The highest BCUT2D eigenvalue weighted by atomic mass is 32.2. The molecule has 4 rings (SSSR count). The first-order valence-corrected chi connectivity index (χ1v) is 9.85. The molecule has 148 valence electrons. The van der Waals surface area contributed by atoms with Crippen LogP contribution in [0.3, 0.4) is 0 Å². The largest absolute Gasteiger partial charge is 0.416 e. The second-order valence-electron chi connectivity index (χ2n) is 6.65. The van der Waals surface area contributed by atoms with Crippen molar-refractivity contribution in [1.82, 2.24) is 24.9 Å². The van der Waals surface area contributed by atoms with Crippen molar-refractivity contribution in [3.8, 4) is 11.4 Å². The van der Waals surface area contributed by atoms with Gasteiger partial charge in [-0.1, -0.05) is 29.1 Å². The van der Waals surface area contributed by atoms with Crippen molar-refractivity contribution < 1.29 is 17.7 Å². The SMILES string of the molecule is CCn1c(SC(C)c2nc(-c3cccc(C(F)(F)F)c3)no2)nnc1C1CC1. The number of benzene rings is 1. The molecule has 1 aliphatic rings. The lowest BCUT2D eigenvalue weighted by Crippen LogP contribution is -2.04. The molecule has 10 heteroatoms. The Hall–Kier alpha value is -2.36. The van der Waals surface area contributed by atoms with Crippen LogP contribution in [-0.2, 0) is 12.7 Å². The molecule has 1 saturated carbocycles. The minimum atomic E-state index is -4.42. The summed E-state index contributed by atoms with van der Waals surface area (Å²) in [5.74, 6) is 1.96. The van der Waals surface area contributed by atoms with Gasteiger partial charge in [-0.05, 0) is 38.8 Å². The van der Waals surface area contributed by atoms with E-state index in [-0.39, 0.29) is 16.6 Å². The van der Waals surface area contributed by atoms with Gasteiger partial charge in [-0.2, -0.15) is 18.2 Å². The van der Waals surface area contributed by atoms with Gasteiger partial charge in [0.1, 0.15) is 5.82 Å².